The monoisotopic (exact) mass is 271 g/mol. The fourth-order valence-corrected chi connectivity index (χ4v) is 2.68. The van der Waals surface area contributed by atoms with Crippen LogP contribution in [0.25, 0.3) is 0 Å². The van der Waals surface area contributed by atoms with Gasteiger partial charge >= 0.3 is 0 Å². The van der Waals surface area contributed by atoms with E-state index < -0.39 is 10.0 Å². The lowest BCUT2D eigenvalue weighted by atomic mass is 9.88. The van der Waals surface area contributed by atoms with E-state index >= 15 is 0 Å². The molecule has 0 amide bonds. The number of benzene rings is 1. The minimum Gasteiger partial charge on any atom is -0.395 e. The van der Waals surface area contributed by atoms with Gasteiger partial charge in [-0.1, -0.05) is 32.9 Å². The van der Waals surface area contributed by atoms with Crippen molar-refractivity contribution in [3.05, 3.63) is 29.8 Å². The second-order valence-corrected chi connectivity index (χ2v) is 7.27. The Morgan fingerprint density at radius 1 is 1.17 bits per heavy atom. The molecule has 5 heteroatoms. The third-order valence-electron chi connectivity index (χ3n) is 2.37. The summed E-state index contributed by atoms with van der Waals surface area (Å²) < 4.78 is 25.8. The molecule has 0 bridgehead atoms. The van der Waals surface area contributed by atoms with Gasteiger partial charge in [0.15, 0.2) is 0 Å². The zero-order valence-electron chi connectivity index (χ0n) is 11.1. The lowest BCUT2D eigenvalue weighted by Crippen LogP contribution is -2.26. The Bertz CT molecular complexity index is 472. The normalized spacial score (nSPS) is 12.7. The van der Waals surface area contributed by atoms with Gasteiger partial charge in [-0.2, -0.15) is 0 Å². The Morgan fingerprint density at radius 3 is 2.17 bits per heavy atom. The molecule has 0 aliphatic heterocycles. The van der Waals surface area contributed by atoms with Crippen LogP contribution >= 0.6 is 0 Å². The van der Waals surface area contributed by atoms with Crippen LogP contribution in [0.15, 0.2) is 29.2 Å². The van der Waals surface area contributed by atoms with Crippen LogP contribution in [0, 0.1) is 5.41 Å². The average molecular weight is 271 g/mol. The first-order chi connectivity index (χ1) is 8.24. The van der Waals surface area contributed by atoms with E-state index in [1.54, 1.807) is 12.1 Å². The molecule has 1 aromatic rings. The molecule has 102 valence electrons. The molecule has 0 heterocycles. The lowest BCUT2D eigenvalue weighted by molar-refractivity contribution is 0.301. The fourth-order valence-electron chi connectivity index (χ4n) is 1.66. The van der Waals surface area contributed by atoms with Crippen LogP contribution in [0.2, 0.25) is 0 Å². The maximum Gasteiger partial charge on any atom is 0.240 e. The van der Waals surface area contributed by atoms with E-state index in [0.717, 1.165) is 12.0 Å². The Kier molecular flexibility index (Phi) is 4.90. The van der Waals surface area contributed by atoms with Crippen LogP contribution in [0.4, 0.5) is 0 Å². The maximum atomic E-state index is 11.8. The van der Waals surface area contributed by atoms with Crippen LogP contribution < -0.4 is 4.72 Å². The number of aliphatic hydroxyl groups is 1. The molecule has 1 aromatic carbocycles. The third-order valence-corrected chi connectivity index (χ3v) is 3.85. The minimum atomic E-state index is -3.49. The number of hydrogen-bond donors (Lipinski definition) is 2. The molecule has 2 N–H and O–H groups in total. The molecule has 1 rings (SSSR count). The van der Waals surface area contributed by atoms with E-state index in [4.69, 9.17) is 5.11 Å². The van der Waals surface area contributed by atoms with Gasteiger partial charge in [0.25, 0.3) is 0 Å². The Labute approximate surface area is 109 Å². The summed E-state index contributed by atoms with van der Waals surface area (Å²) in [4.78, 5) is 0.230. The van der Waals surface area contributed by atoms with Gasteiger partial charge < -0.3 is 5.11 Å². The summed E-state index contributed by atoms with van der Waals surface area (Å²) >= 11 is 0. The summed E-state index contributed by atoms with van der Waals surface area (Å²) in [5, 5.41) is 8.62. The zero-order valence-corrected chi connectivity index (χ0v) is 11.9. The standard InChI is InChI=1S/C13H21NO3S/c1-13(2,3)10-11-4-6-12(7-5-11)18(16,17)14-8-9-15/h4-7,14-15H,8-10H2,1-3H3. The largest absolute Gasteiger partial charge is 0.395 e. The number of nitrogens with one attached hydrogen (secondary N) is 1. The van der Waals surface area contributed by atoms with Gasteiger partial charge in [-0.05, 0) is 29.5 Å². The zero-order chi connectivity index (χ0) is 13.8. The van der Waals surface area contributed by atoms with Crippen molar-refractivity contribution in [2.45, 2.75) is 32.1 Å². The number of rotatable bonds is 5. The predicted molar refractivity (Wildman–Crippen MR) is 71.9 cm³/mol. The molecule has 0 fully saturated rings. The highest BCUT2D eigenvalue weighted by molar-refractivity contribution is 7.89. The smallest absolute Gasteiger partial charge is 0.240 e. The SMILES string of the molecule is CC(C)(C)Cc1ccc(S(=O)(=O)NCCO)cc1. The average Bonchev–Trinajstić information content (AvgIpc) is 2.25. The van der Waals surface area contributed by atoms with Crippen molar-refractivity contribution < 1.29 is 13.5 Å². The van der Waals surface area contributed by atoms with Crippen LogP contribution in [-0.2, 0) is 16.4 Å². The third kappa shape index (κ3) is 4.76. The fraction of sp³-hybridized carbons (Fsp3) is 0.538. The maximum absolute atomic E-state index is 11.8. The van der Waals surface area contributed by atoms with Gasteiger partial charge in [-0.15, -0.1) is 0 Å². The first kappa shape index (κ1) is 15.1. The molecule has 0 saturated heterocycles. The first-order valence-electron chi connectivity index (χ1n) is 5.94. The van der Waals surface area contributed by atoms with Gasteiger partial charge in [0.1, 0.15) is 0 Å². The van der Waals surface area contributed by atoms with Gasteiger partial charge in [-0.3, -0.25) is 0 Å². The van der Waals surface area contributed by atoms with Crippen molar-refractivity contribution in [1.29, 1.82) is 0 Å². The van der Waals surface area contributed by atoms with Crippen molar-refractivity contribution in [2.75, 3.05) is 13.2 Å². The van der Waals surface area contributed by atoms with Crippen molar-refractivity contribution in [1.82, 2.24) is 4.72 Å². The van der Waals surface area contributed by atoms with E-state index in [2.05, 4.69) is 25.5 Å². The first-order valence-corrected chi connectivity index (χ1v) is 7.42. The lowest BCUT2D eigenvalue weighted by Gasteiger charge is -2.18. The quantitative estimate of drug-likeness (QED) is 0.854. The molecule has 0 aliphatic carbocycles. The van der Waals surface area contributed by atoms with Gasteiger partial charge in [0.2, 0.25) is 10.0 Å². The van der Waals surface area contributed by atoms with E-state index in [-0.39, 0.29) is 23.5 Å². The van der Waals surface area contributed by atoms with Crippen molar-refractivity contribution in [3.63, 3.8) is 0 Å². The summed E-state index contributed by atoms with van der Waals surface area (Å²) in [6.45, 7) is 6.24. The van der Waals surface area contributed by atoms with E-state index in [1.165, 1.54) is 0 Å². The van der Waals surface area contributed by atoms with Crippen molar-refractivity contribution >= 4 is 10.0 Å². The summed E-state index contributed by atoms with van der Waals surface area (Å²) in [6.07, 6.45) is 0.900. The summed E-state index contributed by atoms with van der Waals surface area (Å²) in [6, 6.07) is 6.86. The van der Waals surface area contributed by atoms with Gasteiger partial charge in [-0.25, -0.2) is 13.1 Å². The van der Waals surface area contributed by atoms with Crippen LogP contribution in [-0.4, -0.2) is 26.7 Å². The van der Waals surface area contributed by atoms with Crippen LogP contribution in [0.5, 0.6) is 0 Å². The van der Waals surface area contributed by atoms with Crippen molar-refractivity contribution in [2.24, 2.45) is 5.41 Å². The van der Waals surface area contributed by atoms with Gasteiger partial charge in [0, 0.05) is 6.54 Å². The Hall–Kier alpha value is -0.910. The van der Waals surface area contributed by atoms with E-state index in [9.17, 15) is 8.42 Å². The Morgan fingerprint density at radius 2 is 1.72 bits per heavy atom. The predicted octanol–water partition coefficient (Wildman–Crippen LogP) is 1.55. The highest BCUT2D eigenvalue weighted by Crippen LogP contribution is 2.21. The molecular formula is C13H21NO3S. The number of hydrogen-bond acceptors (Lipinski definition) is 3. The second kappa shape index (κ2) is 5.82. The summed E-state index contributed by atoms with van der Waals surface area (Å²) in [5.41, 5.74) is 1.29. The summed E-state index contributed by atoms with van der Waals surface area (Å²) in [5.74, 6) is 0. The van der Waals surface area contributed by atoms with E-state index in [1.807, 2.05) is 12.1 Å². The van der Waals surface area contributed by atoms with Gasteiger partial charge in [0.05, 0.1) is 11.5 Å². The summed E-state index contributed by atoms with van der Waals surface area (Å²) in [7, 11) is -3.49. The molecule has 0 radical (unpaired) electrons. The number of sulfonamides is 1. The molecule has 0 atom stereocenters. The topological polar surface area (TPSA) is 66.4 Å². The van der Waals surface area contributed by atoms with Crippen LogP contribution in [0.3, 0.4) is 0 Å². The highest BCUT2D eigenvalue weighted by Gasteiger charge is 2.15. The molecule has 0 unspecified atom stereocenters. The number of aliphatic hydroxyl groups excluding tert-OH is 1. The molecule has 0 spiro atoms. The molecule has 0 aromatic heterocycles. The van der Waals surface area contributed by atoms with E-state index in [0.29, 0.717) is 0 Å². The molecule has 0 aliphatic rings. The highest BCUT2D eigenvalue weighted by atomic mass is 32.2. The molecule has 18 heavy (non-hydrogen) atoms. The van der Waals surface area contributed by atoms with Crippen LogP contribution in [0.1, 0.15) is 26.3 Å². The minimum absolute atomic E-state index is 0.0338. The second-order valence-electron chi connectivity index (χ2n) is 5.50. The van der Waals surface area contributed by atoms with Crippen molar-refractivity contribution in [3.8, 4) is 0 Å². The molecule has 4 nitrogen and oxygen atoms in total. The Balaban J connectivity index is 2.83. The molecule has 0 saturated carbocycles. The molecular weight excluding hydrogens is 250 g/mol.